The number of hydrogen-bond acceptors (Lipinski definition) is 5. The summed E-state index contributed by atoms with van der Waals surface area (Å²) >= 11 is 0. The molecule has 3 N–H and O–H groups in total. The number of para-hydroxylation sites is 1. The molecule has 21 heavy (non-hydrogen) atoms. The summed E-state index contributed by atoms with van der Waals surface area (Å²) < 4.78 is 16.3. The van der Waals surface area contributed by atoms with E-state index in [9.17, 15) is 0 Å². The molecule has 1 heterocycles. The molecule has 5 nitrogen and oxygen atoms in total. The summed E-state index contributed by atoms with van der Waals surface area (Å²) in [5.41, 5.74) is 8.42. The van der Waals surface area contributed by atoms with E-state index in [-0.39, 0.29) is 12.9 Å². The Bertz CT molecular complexity index is 656. The van der Waals surface area contributed by atoms with Crippen molar-refractivity contribution in [2.45, 2.75) is 20.0 Å². The van der Waals surface area contributed by atoms with Gasteiger partial charge in [-0.3, -0.25) is 0 Å². The van der Waals surface area contributed by atoms with E-state index in [1.54, 1.807) is 0 Å². The predicted molar refractivity (Wildman–Crippen MR) is 82.5 cm³/mol. The predicted octanol–water partition coefficient (Wildman–Crippen LogP) is 3.53. The van der Waals surface area contributed by atoms with E-state index in [4.69, 9.17) is 19.9 Å². The van der Waals surface area contributed by atoms with Crippen molar-refractivity contribution in [1.29, 1.82) is 0 Å². The Labute approximate surface area is 123 Å². The molecule has 5 heteroatoms. The normalized spacial score (nSPS) is 12.5. The smallest absolute Gasteiger partial charge is 0.231 e. The first kappa shape index (κ1) is 13.4. The molecule has 0 aliphatic carbocycles. The number of nitrogen functional groups attached to an aromatic ring is 1. The van der Waals surface area contributed by atoms with Crippen LogP contribution in [0.15, 0.2) is 36.4 Å². The number of nitrogens with one attached hydrogen (secondary N) is 1. The summed E-state index contributed by atoms with van der Waals surface area (Å²) in [5.74, 6) is 2.16. The molecule has 0 fully saturated rings. The van der Waals surface area contributed by atoms with Crippen LogP contribution in [0.5, 0.6) is 17.2 Å². The van der Waals surface area contributed by atoms with Crippen LogP contribution < -0.4 is 25.3 Å². The number of fused-ring (bicyclic) bond motifs is 1. The third-order valence-corrected chi connectivity index (χ3v) is 3.08. The summed E-state index contributed by atoms with van der Waals surface area (Å²) in [6.45, 7) is 4.20. The summed E-state index contributed by atoms with van der Waals surface area (Å²) in [4.78, 5) is 0. The molecule has 3 rings (SSSR count). The van der Waals surface area contributed by atoms with E-state index in [2.05, 4.69) is 5.32 Å². The first-order valence-electron chi connectivity index (χ1n) is 6.85. The maximum atomic E-state index is 6.15. The average molecular weight is 286 g/mol. The first-order chi connectivity index (χ1) is 10.1. The lowest BCUT2D eigenvalue weighted by molar-refractivity contribution is 0.174. The number of rotatable bonds is 4. The molecule has 0 saturated heterocycles. The van der Waals surface area contributed by atoms with Gasteiger partial charge in [0.15, 0.2) is 11.5 Å². The Kier molecular flexibility index (Phi) is 3.48. The fraction of sp³-hybridized carbons (Fsp3) is 0.250. The Morgan fingerprint density at radius 3 is 2.76 bits per heavy atom. The van der Waals surface area contributed by atoms with Crippen molar-refractivity contribution >= 4 is 17.1 Å². The van der Waals surface area contributed by atoms with Gasteiger partial charge in [0.05, 0.1) is 17.5 Å². The van der Waals surface area contributed by atoms with Crippen LogP contribution in [0, 0.1) is 0 Å². The Morgan fingerprint density at radius 1 is 1.14 bits per heavy atom. The van der Waals surface area contributed by atoms with Gasteiger partial charge >= 0.3 is 0 Å². The maximum absolute atomic E-state index is 6.15. The van der Waals surface area contributed by atoms with E-state index in [0.717, 1.165) is 22.9 Å². The van der Waals surface area contributed by atoms with Crippen LogP contribution in [0.1, 0.15) is 13.8 Å². The monoisotopic (exact) mass is 286 g/mol. The van der Waals surface area contributed by atoms with Crippen LogP contribution in [0.3, 0.4) is 0 Å². The van der Waals surface area contributed by atoms with Crippen molar-refractivity contribution in [2.75, 3.05) is 17.8 Å². The van der Waals surface area contributed by atoms with Crippen LogP contribution >= 0.6 is 0 Å². The molecule has 2 aromatic rings. The van der Waals surface area contributed by atoms with Crippen molar-refractivity contribution in [3.8, 4) is 17.2 Å². The maximum Gasteiger partial charge on any atom is 0.231 e. The fourth-order valence-electron chi connectivity index (χ4n) is 2.14. The van der Waals surface area contributed by atoms with Crippen molar-refractivity contribution in [3.63, 3.8) is 0 Å². The van der Waals surface area contributed by atoms with Crippen molar-refractivity contribution < 1.29 is 14.2 Å². The van der Waals surface area contributed by atoms with Crippen LogP contribution in [0.4, 0.5) is 17.1 Å². The minimum absolute atomic E-state index is 0.0769. The number of hydrogen-bond donors (Lipinski definition) is 2. The molecule has 0 spiro atoms. The number of nitrogens with two attached hydrogens (primary N) is 1. The van der Waals surface area contributed by atoms with Gasteiger partial charge in [0, 0.05) is 11.8 Å². The van der Waals surface area contributed by atoms with Crippen LogP contribution in [-0.2, 0) is 0 Å². The third kappa shape index (κ3) is 2.81. The molecule has 0 atom stereocenters. The molecule has 0 unspecified atom stereocenters. The number of benzene rings is 2. The topological polar surface area (TPSA) is 65.7 Å². The van der Waals surface area contributed by atoms with E-state index < -0.39 is 0 Å². The lowest BCUT2D eigenvalue weighted by atomic mass is 10.2. The molecule has 0 radical (unpaired) electrons. The minimum atomic E-state index is 0.0769. The largest absolute Gasteiger partial charge is 0.489 e. The summed E-state index contributed by atoms with van der Waals surface area (Å²) in [7, 11) is 0. The second-order valence-corrected chi connectivity index (χ2v) is 5.08. The fourth-order valence-corrected chi connectivity index (χ4v) is 2.14. The highest BCUT2D eigenvalue weighted by molar-refractivity contribution is 5.78. The average Bonchev–Trinajstić information content (AvgIpc) is 2.90. The van der Waals surface area contributed by atoms with Gasteiger partial charge in [-0.25, -0.2) is 0 Å². The molecular formula is C16H18N2O3. The van der Waals surface area contributed by atoms with Gasteiger partial charge in [0.25, 0.3) is 0 Å². The second-order valence-electron chi connectivity index (χ2n) is 5.08. The van der Waals surface area contributed by atoms with Gasteiger partial charge in [-0.05, 0) is 38.1 Å². The zero-order chi connectivity index (χ0) is 14.8. The lowest BCUT2D eigenvalue weighted by Gasteiger charge is -2.16. The van der Waals surface area contributed by atoms with E-state index in [0.29, 0.717) is 11.4 Å². The summed E-state index contributed by atoms with van der Waals surface area (Å²) in [6, 6.07) is 11.4. The molecule has 0 bridgehead atoms. The summed E-state index contributed by atoms with van der Waals surface area (Å²) in [6.07, 6.45) is 0.0769. The molecule has 0 saturated carbocycles. The minimum Gasteiger partial charge on any atom is -0.489 e. The molecule has 1 aliphatic heterocycles. The van der Waals surface area contributed by atoms with Crippen molar-refractivity contribution in [2.24, 2.45) is 0 Å². The first-order valence-corrected chi connectivity index (χ1v) is 6.85. The van der Waals surface area contributed by atoms with E-state index >= 15 is 0 Å². The molecule has 2 aromatic carbocycles. The molecule has 0 amide bonds. The molecule has 1 aliphatic rings. The zero-order valence-corrected chi connectivity index (χ0v) is 12.1. The zero-order valence-electron chi connectivity index (χ0n) is 12.1. The second kappa shape index (κ2) is 5.44. The highest BCUT2D eigenvalue weighted by Gasteiger charge is 2.14. The van der Waals surface area contributed by atoms with Gasteiger partial charge in [0.1, 0.15) is 5.75 Å². The van der Waals surface area contributed by atoms with Crippen molar-refractivity contribution in [3.05, 3.63) is 36.4 Å². The van der Waals surface area contributed by atoms with Crippen molar-refractivity contribution in [1.82, 2.24) is 0 Å². The quantitative estimate of drug-likeness (QED) is 0.842. The van der Waals surface area contributed by atoms with Gasteiger partial charge < -0.3 is 25.3 Å². The highest BCUT2D eigenvalue weighted by atomic mass is 16.7. The van der Waals surface area contributed by atoms with E-state index in [1.165, 1.54) is 0 Å². The highest BCUT2D eigenvalue weighted by Crippen LogP contribution is 2.37. The third-order valence-electron chi connectivity index (χ3n) is 3.08. The standard InChI is InChI=1S/C16H18N2O3/c1-10(2)21-14-5-3-4-12(16(14)17)18-11-6-7-13-15(8-11)20-9-19-13/h3-8,10,18H,9,17H2,1-2H3. The molecule has 0 aromatic heterocycles. The van der Waals surface area contributed by atoms with Crippen LogP contribution in [-0.4, -0.2) is 12.9 Å². The Balaban J connectivity index is 1.84. The van der Waals surface area contributed by atoms with E-state index in [1.807, 2.05) is 50.2 Å². The number of ether oxygens (including phenoxy) is 3. The summed E-state index contributed by atoms with van der Waals surface area (Å²) in [5, 5.41) is 3.27. The van der Waals surface area contributed by atoms with Gasteiger partial charge in [0.2, 0.25) is 6.79 Å². The van der Waals surface area contributed by atoms with Crippen LogP contribution in [0.25, 0.3) is 0 Å². The van der Waals surface area contributed by atoms with Gasteiger partial charge in [-0.15, -0.1) is 0 Å². The SMILES string of the molecule is CC(C)Oc1cccc(Nc2ccc3c(c2)OCO3)c1N. The van der Waals surface area contributed by atoms with Gasteiger partial charge in [-0.1, -0.05) is 6.07 Å². The molecular weight excluding hydrogens is 268 g/mol. The lowest BCUT2D eigenvalue weighted by Crippen LogP contribution is -2.08. The van der Waals surface area contributed by atoms with Crippen LogP contribution in [0.2, 0.25) is 0 Å². The Morgan fingerprint density at radius 2 is 1.95 bits per heavy atom. The molecule has 110 valence electrons. The van der Waals surface area contributed by atoms with Gasteiger partial charge in [-0.2, -0.15) is 0 Å². The Hall–Kier alpha value is -2.56. The number of anilines is 3.